The summed E-state index contributed by atoms with van der Waals surface area (Å²) in [6.07, 6.45) is 0. The second-order valence-electron chi connectivity index (χ2n) is 5.17. The zero-order valence-corrected chi connectivity index (χ0v) is 11.1. The van der Waals surface area contributed by atoms with E-state index in [2.05, 4.69) is 4.65 Å². The van der Waals surface area contributed by atoms with Crippen molar-refractivity contribution in [2.24, 2.45) is 5.92 Å². The van der Waals surface area contributed by atoms with Crippen molar-refractivity contribution in [3.63, 3.8) is 0 Å². The fraction of sp³-hybridized carbons (Fsp3) is 1.00. The lowest BCUT2D eigenvalue weighted by molar-refractivity contribution is -0.107. The van der Waals surface area contributed by atoms with Crippen molar-refractivity contribution < 1.29 is 24.9 Å². The molecule has 0 aromatic rings. The van der Waals surface area contributed by atoms with Crippen LogP contribution in [0.4, 0.5) is 0 Å². The van der Waals surface area contributed by atoms with Crippen LogP contribution < -0.4 is 0 Å². The Hall–Kier alpha value is -0.135. The first kappa shape index (κ1) is 18.2. The maximum atomic E-state index is 9.10. The van der Waals surface area contributed by atoms with Gasteiger partial charge in [0.15, 0.2) is 0 Å². The van der Waals surface area contributed by atoms with Gasteiger partial charge in [0.05, 0.1) is 11.2 Å². The molecule has 16 heavy (non-hydrogen) atoms. The predicted octanol–water partition coefficient (Wildman–Crippen LogP) is 0.157. The Labute approximate surface area is 98.2 Å². The smallest absolute Gasteiger partial charge is 0.402 e. The van der Waals surface area contributed by atoms with Gasteiger partial charge in [-0.25, -0.2) is 0 Å². The molecule has 0 rings (SSSR count). The molecule has 0 saturated heterocycles. The second kappa shape index (κ2) is 7.24. The molecule has 0 aromatic heterocycles. The summed E-state index contributed by atoms with van der Waals surface area (Å²) in [5.74, 6) is 0.344. The number of hydrogen-bond acceptors (Lipinski definition) is 5. The van der Waals surface area contributed by atoms with E-state index in [1.807, 2.05) is 13.8 Å². The minimum Gasteiger partial charge on any atom is -0.402 e. The van der Waals surface area contributed by atoms with Gasteiger partial charge < -0.3 is 24.9 Å². The van der Waals surface area contributed by atoms with Gasteiger partial charge in [-0.3, -0.25) is 0 Å². The molecule has 0 aliphatic carbocycles. The standard InChI is InChI=1S/C6H14O2.C4H11BO3/c1-5(2,7)6(3,4)8;1-4(2)3-8-5(6)7/h7-8H,1-4H3;4,6-7H,3H2,1-2H3. The lowest BCUT2D eigenvalue weighted by Crippen LogP contribution is -2.44. The third kappa shape index (κ3) is 11.9. The lowest BCUT2D eigenvalue weighted by Gasteiger charge is -2.31. The molecule has 0 spiro atoms. The fourth-order valence-electron chi connectivity index (χ4n) is 0.279. The van der Waals surface area contributed by atoms with Crippen molar-refractivity contribution in [1.29, 1.82) is 0 Å². The van der Waals surface area contributed by atoms with Gasteiger partial charge in [0.25, 0.3) is 0 Å². The van der Waals surface area contributed by atoms with E-state index in [1.54, 1.807) is 27.7 Å². The Morgan fingerprint density at radius 3 is 1.38 bits per heavy atom. The molecule has 0 heterocycles. The largest absolute Gasteiger partial charge is 0.633 e. The molecule has 0 unspecified atom stereocenters. The summed E-state index contributed by atoms with van der Waals surface area (Å²) in [4.78, 5) is 0. The van der Waals surface area contributed by atoms with Gasteiger partial charge in [-0.1, -0.05) is 13.8 Å². The molecule has 0 radical (unpaired) electrons. The molecule has 98 valence electrons. The Kier molecular flexibility index (Phi) is 8.25. The molecule has 0 fully saturated rings. The van der Waals surface area contributed by atoms with E-state index in [4.69, 9.17) is 20.3 Å². The minimum absolute atomic E-state index is 0.344. The molecule has 0 saturated carbocycles. The topological polar surface area (TPSA) is 90.2 Å². The van der Waals surface area contributed by atoms with Crippen molar-refractivity contribution in [3.8, 4) is 0 Å². The first-order chi connectivity index (χ1) is 6.88. The van der Waals surface area contributed by atoms with E-state index in [1.165, 1.54) is 0 Å². The maximum absolute atomic E-state index is 9.10. The van der Waals surface area contributed by atoms with E-state index in [0.29, 0.717) is 12.5 Å². The Balaban J connectivity index is 0. The van der Waals surface area contributed by atoms with Crippen LogP contribution in [-0.4, -0.2) is 45.4 Å². The minimum atomic E-state index is -1.61. The summed E-state index contributed by atoms with van der Waals surface area (Å²) in [7, 11) is -1.61. The monoisotopic (exact) mass is 236 g/mol. The Bertz CT molecular complexity index is 149. The van der Waals surface area contributed by atoms with Crippen molar-refractivity contribution >= 4 is 7.32 Å². The quantitative estimate of drug-likeness (QED) is 0.522. The molecule has 0 bridgehead atoms. The van der Waals surface area contributed by atoms with Crippen LogP contribution in [0.25, 0.3) is 0 Å². The third-order valence-corrected chi connectivity index (χ3v) is 2.08. The van der Waals surface area contributed by atoms with Gasteiger partial charge in [-0.2, -0.15) is 0 Å². The van der Waals surface area contributed by atoms with Crippen LogP contribution in [-0.2, 0) is 4.65 Å². The number of rotatable bonds is 4. The summed E-state index contributed by atoms with van der Waals surface area (Å²) in [6, 6.07) is 0. The van der Waals surface area contributed by atoms with Crippen LogP contribution >= 0.6 is 0 Å². The first-order valence-corrected chi connectivity index (χ1v) is 5.30. The zero-order chi connectivity index (χ0) is 13.6. The summed E-state index contributed by atoms with van der Waals surface area (Å²) >= 11 is 0. The molecule has 4 N–H and O–H groups in total. The molecule has 0 aliphatic rings. The van der Waals surface area contributed by atoms with E-state index in [0.717, 1.165) is 0 Å². The van der Waals surface area contributed by atoms with Gasteiger partial charge >= 0.3 is 7.32 Å². The van der Waals surface area contributed by atoms with Crippen molar-refractivity contribution in [1.82, 2.24) is 0 Å². The van der Waals surface area contributed by atoms with Gasteiger partial charge in [-0.05, 0) is 33.6 Å². The van der Waals surface area contributed by atoms with Crippen molar-refractivity contribution in [2.45, 2.75) is 52.7 Å². The van der Waals surface area contributed by atoms with Crippen molar-refractivity contribution in [3.05, 3.63) is 0 Å². The van der Waals surface area contributed by atoms with E-state index in [-0.39, 0.29) is 0 Å². The van der Waals surface area contributed by atoms with Gasteiger partial charge in [0.1, 0.15) is 0 Å². The SMILES string of the molecule is CC(C)(O)C(C)(C)O.CC(C)COB(O)O. The van der Waals surface area contributed by atoms with E-state index < -0.39 is 18.5 Å². The molecule has 0 aliphatic heterocycles. The van der Waals surface area contributed by atoms with Crippen LogP contribution in [0.3, 0.4) is 0 Å². The zero-order valence-electron chi connectivity index (χ0n) is 11.1. The summed E-state index contributed by atoms with van der Waals surface area (Å²) in [5.41, 5.74) is -2.01. The third-order valence-electron chi connectivity index (χ3n) is 2.08. The molecule has 0 amide bonds. The van der Waals surface area contributed by atoms with Gasteiger partial charge in [-0.15, -0.1) is 0 Å². The normalized spacial score (nSPS) is 12.2. The lowest BCUT2D eigenvalue weighted by atomic mass is 9.90. The molecular weight excluding hydrogens is 211 g/mol. The number of aliphatic hydroxyl groups is 2. The summed E-state index contributed by atoms with van der Waals surface area (Å²) in [5, 5.41) is 34.5. The Morgan fingerprint density at radius 1 is 1.00 bits per heavy atom. The van der Waals surface area contributed by atoms with Crippen LogP contribution in [0.1, 0.15) is 41.5 Å². The van der Waals surface area contributed by atoms with E-state index in [9.17, 15) is 0 Å². The van der Waals surface area contributed by atoms with Crippen LogP contribution in [0.15, 0.2) is 0 Å². The van der Waals surface area contributed by atoms with Crippen LogP contribution in [0.2, 0.25) is 0 Å². The van der Waals surface area contributed by atoms with Gasteiger partial charge in [0, 0.05) is 6.61 Å². The predicted molar refractivity (Wildman–Crippen MR) is 63.6 cm³/mol. The molecule has 0 atom stereocenters. The van der Waals surface area contributed by atoms with Crippen LogP contribution in [0, 0.1) is 5.92 Å². The van der Waals surface area contributed by atoms with Crippen molar-refractivity contribution in [2.75, 3.05) is 6.61 Å². The highest BCUT2D eigenvalue weighted by Gasteiger charge is 2.31. The van der Waals surface area contributed by atoms with E-state index >= 15 is 0 Å². The molecule has 0 aromatic carbocycles. The number of hydrogen-bond donors (Lipinski definition) is 4. The molecule has 6 heteroatoms. The second-order valence-corrected chi connectivity index (χ2v) is 5.17. The summed E-state index contributed by atoms with van der Waals surface area (Å²) < 4.78 is 4.41. The highest BCUT2D eigenvalue weighted by molar-refractivity contribution is 6.32. The highest BCUT2D eigenvalue weighted by atomic mass is 16.6. The fourth-order valence-corrected chi connectivity index (χ4v) is 0.279. The van der Waals surface area contributed by atoms with Crippen LogP contribution in [0.5, 0.6) is 0 Å². The average Bonchev–Trinajstić information content (AvgIpc) is 1.98. The Morgan fingerprint density at radius 2 is 1.31 bits per heavy atom. The summed E-state index contributed by atoms with van der Waals surface area (Å²) in [6.45, 7) is 10.6. The highest BCUT2D eigenvalue weighted by Crippen LogP contribution is 2.19. The maximum Gasteiger partial charge on any atom is 0.633 e. The average molecular weight is 236 g/mol. The molecular formula is C10H25BO5. The van der Waals surface area contributed by atoms with Gasteiger partial charge in [0.2, 0.25) is 0 Å². The first-order valence-electron chi connectivity index (χ1n) is 5.30. The molecule has 5 nitrogen and oxygen atoms in total.